The Hall–Kier alpha value is -1.84. The number of nitrogens with one attached hydrogen (secondary N) is 1. The molecular formula is C16H21NO3. The van der Waals surface area contributed by atoms with E-state index in [1.165, 1.54) is 0 Å². The van der Waals surface area contributed by atoms with Crippen LogP contribution in [0.3, 0.4) is 0 Å². The Kier molecular flexibility index (Phi) is 4.12. The van der Waals surface area contributed by atoms with Gasteiger partial charge in [-0.2, -0.15) is 0 Å². The molecule has 1 aliphatic rings. The van der Waals surface area contributed by atoms with E-state index in [0.717, 1.165) is 29.5 Å². The normalized spacial score (nSPS) is 14.7. The highest BCUT2D eigenvalue weighted by molar-refractivity contribution is 5.98. The van der Waals surface area contributed by atoms with Gasteiger partial charge in [-0.3, -0.25) is 4.79 Å². The first kappa shape index (κ1) is 14.6. The highest BCUT2D eigenvalue weighted by Gasteiger charge is 2.18. The zero-order chi connectivity index (χ0) is 14.8. The maximum absolute atomic E-state index is 11.7. The van der Waals surface area contributed by atoms with Crippen molar-refractivity contribution in [2.45, 2.75) is 52.2 Å². The van der Waals surface area contributed by atoms with Crippen LogP contribution >= 0.6 is 0 Å². The number of fused-ring (bicyclic) bond motifs is 1. The van der Waals surface area contributed by atoms with Crippen LogP contribution in [0.15, 0.2) is 18.2 Å². The maximum Gasteiger partial charge on any atom is 0.407 e. The summed E-state index contributed by atoms with van der Waals surface area (Å²) in [4.78, 5) is 23.3. The molecule has 0 aliphatic heterocycles. The monoisotopic (exact) mass is 275 g/mol. The molecule has 1 N–H and O–H groups in total. The van der Waals surface area contributed by atoms with Gasteiger partial charge in [-0.15, -0.1) is 0 Å². The highest BCUT2D eigenvalue weighted by atomic mass is 16.6. The number of ether oxygens (including phenoxy) is 1. The molecule has 0 bridgehead atoms. The summed E-state index contributed by atoms with van der Waals surface area (Å²) in [6.07, 6.45) is 2.06. The number of aryl methyl sites for hydroxylation is 1. The Labute approximate surface area is 119 Å². The van der Waals surface area contributed by atoms with Gasteiger partial charge < -0.3 is 10.1 Å². The van der Waals surface area contributed by atoms with Crippen LogP contribution < -0.4 is 5.32 Å². The molecule has 1 aromatic rings. The molecule has 0 atom stereocenters. The molecular weight excluding hydrogens is 254 g/mol. The van der Waals surface area contributed by atoms with Gasteiger partial charge in [0.2, 0.25) is 0 Å². The Morgan fingerprint density at radius 2 is 2.05 bits per heavy atom. The SMILES string of the molecule is CC(C)(C)OC(=O)NCc1ccc2c(c1)CCCC2=O. The average molecular weight is 275 g/mol. The second kappa shape index (κ2) is 5.65. The largest absolute Gasteiger partial charge is 0.444 e. The Morgan fingerprint density at radius 3 is 2.75 bits per heavy atom. The summed E-state index contributed by atoms with van der Waals surface area (Å²) in [5, 5.41) is 2.73. The van der Waals surface area contributed by atoms with Crippen molar-refractivity contribution in [1.82, 2.24) is 5.32 Å². The van der Waals surface area contributed by atoms with E-state index in [2.05, 4.69) is 5.32 Å². The minimum atomic E-state index is -0.494. The first-order chi connectivity index (χ1) is 9.35. The number of hydrogen-bond acceptors (Lipinski definition) is 3. The van der Waals surface area contributed by atoms with Gasteiger partial charge in [0, 0.05) is 18.5 Å². The molecule has 108 valence electrons. The first-order valence-corrected chi connectivity index (χ1v) is 6.97. The lowest BCUT2D eigenvalue weighted by Crippen LogP contribution is -2.32. The number of hydrogen-bond donors (Lipinski definition) is 1. The van der Waals surface area contributed by atoms with E-state index >= 15 is 0 Å². The third-order valence-electron chi connectivity index (χ3n) is 3.16. The van der Waals surface area contributed by atoms with Crippen molar-refractivity contribution < 1.29 is 14.3 Å². The predicted octanol–water partition coefficient (Wildman–Crippen LogP) is 3.23. The van der Waals surface area contributed by atoms with Crippen molar-refractivity contribution in [2.24, 2.45) is 0 Å². The van der Waals surface area contributed by atoms with Gasteiger partial charge in [0.25, 0.3) is 0 Å². The Balaban J connectivity index is 1.97. The van der Waals surface area contributed by atoms with Crippen molar-refractivity contribution >= 4 is 11.9 Å². The lowest BCUT2D eigenvalue weighted by Gasteiger charge is -2.20. The van der Waals surface area contributed by atoms with Crippen LogP contribution in [0.5, 0.6) is 0 Å². The van der Waals surface area contributed by atoms with Crippen LogP contribution in [0.4, 0.5) is 4.79 Å². The lowest BCUT2D eigenvalue weighted by atomic mass is 9.89. The molecule has 0 spiro atoms. The van der Waals surface area contributed by atoms with Gasteiger partial charge in [0.05, 0.1) is 0 Å². The number of Topliss-reactive ketones (excluding diaryl/α,β-unsaturated/α-hetero) is 1. The maximum atomic E-state index is 11.7. The van der Waals surface area contributed by atoms with Crippen LogP contribution in [0, 0.1) is 0 Å². The van der Waals surface area contributed by atoms with Gasteiger partial charge in [0.1, 0.15) is 5.60 Å². The van der Waals surface area contributed by atoms with Crippen molar-refractivity contribution in [3.05, 3.63) is 34.9 Å². The minimum absolute atomic E-state index is 0.220. The molecule has 0 saturated heterocycles. The molecule has 4 nitrogen and oxygen atoms in total. The minimum Gasteiger partial charge on any atom is -0.444 e. The molecule has 0 heterocycles. The molecule has 4 heteroatoms. The average Bonchev–Trinajstić information content (AvgIpc) is 2.34. The topological polar surface area (TPSA) is 55.4 Å². The third-order valence-corrected chi connectivity index (χ3v) is 3.16. The van der Waals surface area contributed by atoms with Gasteiger partial charge in [-0.1, -0.05) is 18.2 Å². The predicted molar refractivity (Wildman–Crippen MR) is 76.8 cm³/mol. The lowest BCUT2D eigenvalue weighted by molar-refractivity contribution is 0.0523. The molecule has 0 radical (unpaired) electrons. The fourth-order valence-corrected chi connectivity index (χ4v) is 2.30. The summed E-state index contributed by atoms with van der Waals surface area (Å²) in [5.74, 6) is 0.220. The van der Waals surface area contributed by atoms with Crippen LogP contribution in [0.2, 0.25) is 0 Å². The number of carbonyl (C=O) groups excluding carboxylic acids is 2. The van der Waals surface area contributed by atoms with Gasteiger partial charge in [-0.25, -0.2) is 4.79 Å². The van der Waals surface area contributed by atoms with Crippen LogP contribution in [0.25, 0.3) is 0 Å². The van der Waals surface area contributed by atoms with Crippen molar-refractivity contribution in [3.8, 4) is 0 Å². The standard InChI is InChI=1S/C16H21NO3/c1-16(2,3)20-15(19)17-10-11-7-8-13-12(9-11)5-4-6-14(13)18/h7-9H,4-6,10H2,1-3H3,(H,17,19). The van der Waals surface area contributed by atoms with Crippen molar-refractivity contribution in [2.75, 3.05) is 0 Å². The van der Waals surface area contributed by atoms with E-state index in [0.29, 0.717) is 13.0 Å². The number of amides is 1. The summed E-state index contributed by atoms with van der Waals surface area (Å²) in [5.41, 5.74) is 2.41. The fourth-order valence-electron chi connectivity index (χ4n) is 2.30. The summed E-state index contributed by atoms with van der Waals surface area (Å²) >= 11 is 0. The van der Waals surface area contributed by atoms with Gasteiger partial charge >= 0.3 is 6.09 Å². The van der Waals surface area contributed by atoms with E-state index in [4.69, 9.17) is 4.74 Å². The zero-order valence-electron chi connectivity index (χ0n) is 12.3. The smallest absolute Gasteiger partial charge is 0.407 e. The second-order valence-corrected chi connectivity index (χ2v) is 6.12. The molecule has 1 aliphatic carbocycles. The van der Waals surface area contributed by atoms with Gasteiger partial charge in [-0.05, 0) is 44.7 Å². The number of ketones is 1. The van der Waals surface area contributed by atoms with E-state index in [-0.39, 0.29) is 5.78 Å². The fraction of sp³-hybridized carbons (Fsp3) is 0.500. The molecule has 0 fully saturated rings. The number of rotatable bonds is 2. The van der Waals surface area contributed by atoms with Crippen LogP contribution in [-0.4, -0.2) is 17.5 Å². The van der Waals surface area contributed by atoms with Crippen molar-refractivity contribution in [3.63, 3.8) is 0 Å². The molecule has 2 rings (SSSR count). The zero-order valence-corrected chi connectivity index (χ0v) is 12.3. The highest BCUT2D eigenvalue weighted by Crippen LogP contribution is 2.22. The summed E-state index contributed by atoms with van der Waals surface area (Å²) < 4.78 is 5.18. The van der Waals surface area contributed by atoms with E-state index < -0.39 is 11.7 Å². The van der Waals surface area contributed by atoms with Gasteiger partial charge in [0.15, 0.2) is 5.78 Å². The third kappa shape index (κ3) is 3.83. The van der Waals surface area contributed by atoms with Crippen LogP contribution in [-0.2, 0) is 17.7 Å². The molecule has 0 aromatic heterocycles. The Morgan fingerprint density at radius 1 is 1.30 bits per heavy atom. The molecule has 1 aromatic carbocycles. The number of alkyl carbamates (subject to hydrolysis) is 1. The molecule has 0 saturated carbocycles. The summed E-state index contributed by atoms with van der Waals surface area (Å²) in [6, 6.07) is 5.76. The van der Waals surface area contributed by atoms with E-state index in [9.17, 15) is 9.59 Å². The van der Waals surface area contributed by atoms with Crippen molar-refractivity contribution in [1.29, 1.82) is 0 Å². The Bertz CT molecular complexity index is 529. The van der Waals surface area contributed by atoms with E-state index in [1.54, 1.807) is 0 Å². The quantitative estimate of drug-likeness (QED) is 0.901. The summed E-state index contributed by atoms with van der Waals surface area (Å²) in [6.45, 7) is 5.90. The van der Waals surface area contributed by atoms with Crippen LogP contribution in [0.1, 0.15) is 55.1 Å². The number of carbonyl (C=O) groups is 2. The number of benzene rings is 1. The molecule has 20 heavy (non-hydrogen) atoms. The second-order valence-electron chi connectivity index (χ2n) is 6.12. The first-order valence-electron chi connectivity index (χ1n) is 6.97. The molecule has 1 amide bonds. The van der Waals surface area contributed by atoms with E-state index in [1.807, 2.05) is 39.0 Å². The summed E-state index contributed by atoms with van der Waals surface area (Å²) in [7, 11) is 0. The molecule has 0 unspecified atom stereocenters.